The zero-order valence-corrected chi connectivity index (χ0v) is 17.8. The Hall–Kier alpha value is -1.20. The predicted molar refractivity (Wildman–Crippen MR) is 112 cm³/mol. The van der Waals surface area contributed by atoms with Crippen molar-refractivity contribution in [2.24, 2.45) is 34.6 Å². The fraction of sp³-hybridized carbons (Fsp3) is 0.727. The lowest BCUT2D eigenvalue weighted by Crippen LogP contribution is -2.63. The Morgan fingerprint density at radius 2 is 2.19 bits per heavy atom. The van der Waals surface area contributed by atoms with Gasteiger partial charge in [0.2, 0.25) is 5.91 Å². The summed E-state index contributed by atoms with van der Waals surface area (Å²) in [6, 6.07) is 4.61. The first-order valence-corrected chi connectivity index (χ1v) is 11.4. The van der Waals surface area contributed by atoms with Crippen molar-refractivity contribution < 1.29 is 4.79 Å². The number of aliphatic imine (C=N–C) groups is 1. The van der Waals surface area contributed by atoms with E-state index in [2.05, 4.69) is 55.6 Å². The smallest absolute Gasteiger partial charge is 0.248 e. The van der Waals surface area contributed by atoms with Crippen molar-refractivity contribution in [1.82, 2.24) is 10.2 Å². The fourth-order valence-corrected chi connectivity index (χ4v) is 6.41. The van der Waals surface area contributed by atoms with Crippen LogP contribution in [0.2, 0.25) is 0 Å². The van der Waals surface area contributed by atoms with E-state index < -0.39 is 5.54 Å². The van der Waals surface area contributed by atoms with Gasteiger partial charge in [0.1, 0.15) is 5.54 Å². The average Bonchev–Trinajstić information content (AvgIpc) is 3.22. The van der Waals surface area contributed by atoms with Crippen molar-refractivity contribution in [3.05, 3.63) is 22.4 Å². The maximum atomic E-state index is 13.5. The largest absolute Gasteiger partial charge is 0.349 e. The summed E-state index contributed by atoms with van der Waals surface area (Å²) in [7, 11) is 0. The van der Waals surface area contributed by atoms with Gasteiger partial charge in [0.05, 0.1) is 6.54 Å². The number of hydrogen-bond donors (Lipinski definition) is 1. The van der Waals surface area contributed by atoms with E-state index in [1.807, 2.05) is 6.07 Å². The Morgan fingerprint density at radius 1 is 1.37 bits per heavy atom. The van der Waals surface area contributed by atoms with Gasteiger partial charge in [-0.05, 0) is 42.0 Å². The van der Waals surface area contributed by atoms with Crippen LogP contribution in [-0.2, 0) is 11.3 Å². The molecule has 5 unspecified atom stereocenters. The molecule has 1 amide bonds. The van der Waals surface area contributed by atoms with Crippen molar-refractivity contribution >= 4 is 23.5 Å². The predicted octanol–water partition coefficient (Wildman–Crippen LogP) is 3.83. The van der Waals surface area contributed by atoms with Gasteiger partial charge >= 0.3 is 0 Å². The molecule has 1 aromatic rings. The van der Waals surface area contributed by atoms with Crippen LogP contribution in [0.4, 0.5) is 0 Å². The molecule has 0 radical (unpaired) electrons. The van der Waals surface area contributed by atoms with Gasteiger partial charge in [-0.2, -0.15) is 0 Å². The molecule has 1 N–H and O–H groups in total. The molecule has 1 saturated heterocycles. The molecule has 2 fully saturated rings. The normalized spacial score (nSPS) is 34.7. The minimum Gasteiger partial charge on any atom is -0.349 e. The van der Waals surface area contributed by atoms with Gasteiger partial charge in [-0.3, -0.25) is 14.7 Å². The Morgan fingerprint density at radius 3 is 2.85 bits per heavy atom. The minimum absolute atomic E-state index is 0.150. The average molecular weight is 388 g/mol. The summed E-state index contributed by atoms with van der Waals surface area (Å²) in [4.78, 5) is 22.3. The third-order valence-corrected chi connectivity index (χ3v) is 7.50. The standard InChI is InChI=1S/C22H33N3OS/c1-14(2)8-19-20-18-11-24-22(19,9-16(18)13-25(20)12-15(3)4)21(26)23-10-17-6-5-7-27-17/h5-7,11,14-16,18-20H,8-10,12-13H2,1-4H3,(H,23,26). The SMILES string of the molecule is CC(C)CC1C2C3C=NC1(C(=O)NCc1cccs1)CC3CN2CC(C)C. The van der Waals surface area contributed by atoms with Gasteiger partial charge in [0.25, 0.3) is 0 Å². The van der Waals surface area contributed by atoms with Crippen LogP contribution in [0.1, 0.15) is 45.4 Å². The monoisotopic (exact) mass is 387 g/mol. The summed E-state index contributed by atoms with van der Waals surface area (Å²) in [5.74, 6) is 2.84. The zero-order chi connectivity index (χ0) is 19.2. The van der Waals surface area contributed by atoms with E-state index in [1.165, 1.54) is 4.88 Å². The van der Waals surface area contributed by atoms with Gasteiger partial charge in [-0.15, -0.1) is 11.3 Å². The van der Waals surface area contributed by atoms with Gasteiger partial charge in [0.15, 0.2) is 0 Å². The van der Waals surface area contributed by atoms with Gasteiger partial charge < -0.3 is 5.32 Å². The third-order valence-electron chi connectivity index (χ3n) is 6.63. The number of rotatable bonds is 7. The molecule has 0 spiro atoms. The lowest BCUT2D eigenvalue weighted by Gasteiger charge is -2.51. The third kappa shape index (κ3) is 3.38. The summed E-state index contributed by atoms with van der Waals surface area (Å²) < 4.78 is 0. The maximum Gasteiger partial charge on any atom is 0.248 e. The van der Waals surface area contributed by atoms with Gasteiger partial charge in [-0.1, -0.05) is 33.8 Å². The number of hydrogen-bond acceptors (Lipinski definition) is 4. The highest BCUT2D eigenvalue weighted by Crippen LogP contribution is 2.54. The summed E-state index contributed by atoms with van der Waals surface area (Å²) in [6.45, 7) is 12.0. The van der Waals surface area contributed by atoms with Crippen LogP contribution in [0.15, 0.2) is 22.5 Å². The van der Waals surface area contributed by atoms with Crippen LogP contribution in [0.25, 0.3) is 0 Å². The number of carbonyl (C=O) groups is 1. The number of carbonyl (C=O) groups excluding carboxylic acids is 1. The van der Waals surface area contributed by atoms with E-state index in [0.717, 1.165) is 25.9 Å². The molecule has 3 aliphatic heterocycles. The Balaban J connectivity index is 1.61. The maximum absolute atomic E-state index is 13.5. The van der Waals surface area contributed by atoms with Crippen LogP contribution in [-0.4, -0.2) is 41.7 Å². The number of thiophene rings is 1. The van der Waals surface area contributed by atoms with Crippen LogP contribution < -0.4 is 5.32 Å². The molecule has 5 atom stereocenters. The van der Waals surface area contributed by atoms with E-state index in [-0.39, 0.29) is 5.91 Å². The van der Waals surface area contributed by atoms with E-state index >= 15 is 0 Å². The summed E-state index contributed by atoms with van der Waals surface area (Å²) in [5.41, 5.74) is -0.558. The lowest BCUT2D eigenvalue weighted by atomic mass is 9.59. The first kappa shape index (κ1) is 19.1. The molecule has 4 bridgehead atoms. The van der Waals surface area contributed by atoms with Crippen LogP contribution >= 0.6 is 11.3 Å². The van der Waals surface area contributed by atoms with Crippen LogP contribution in [0.3, 0.4) is 0 Å². The zero-order valence-electron chi connectivity index (χ0n) is 17.0. The second-order valence-corrected chi connectivity index (χ2v) is 10.6. The van der Waals surface area contributed by atoms with Crippen molar-refractivity contribution in [1.29, 1.82) is 0 Å². The highest BCUT2D eigenvalue weighted by atomic mass is 32.1. The second-order valence-electron chi connectivity index (χ2n) is 9.58. The fourth-order valence-electron chi connectivity index (χ4n) is 5.76. The second kappa shape index (κ2) is 7.32. The van der Waals surface area contributed by atoms with E-state index in [0.29, 0.717) is 42.2 Å². The van der Waals surface area contributed by atoms with Gasteiger partial charge in [-0.25, -0.2) is 0 Å². The molecule has 5 rings (SSSR count). The Kier molecular flexibility index (Phi) is 5.19. The highest BCUT2D eigenvalue weighted by Gasteiger charge is 2.63. The molecule has 5 heteroatoms. The Labute approximate surface area is 167 Å². The molecule has 0 aromatic carbocycles. The van der Waals surface area contributed by atoms with Crippen molar-refractivity contribution in [2.45, 2.75) is 58.7 Å². The van der Waals surface area contributed by atoms with E-state index in [4.69, 9.17) is 4.99 Å². The van der Waals surface area contributed by atoms with Crippen molar-refractivity contribution in [2.75, 3.05) is 13.1 Å². The molecular weight excluding hydrogens is 354 g/mol. The Bertz CT molecular complexity index is 698. The van der Waals surface area contributed by atoms with Crippen molar-refractivity contribution in [3.8, 4) is 0 Å². The first-order chi connectivity index (χ1) is 12.9. The minimum atomic E-state index is -0.558. The molecule has 4 heterocycles. The number of amides is 1. The van der Waals surface area contributed by atoms with Crippen LogP contribution in [0, 0.1) is 29.6 Å². The lowest BCUT2D eigenvalue weighted by molar-refractivity contribution is -0.132. The van der Waals surface area contributed by atoms with Crippen LogP contribution in [0.5, 0.6) is 0 Å². The van der Waals surface area contributed by atoms with Crippen molar-refractivity contribution in [3.63, 3.8) is 0 Å². The molecule has 1 aliphatic carbocycles. The molecule has 1 aromatic heterocycles. The summed E-state index contributed by atoms with van der Waals surface area (Å²) in [5, 5.41) is 5.30. The highest BCUT2D eigenvalue weighted by molar-refractivity contribution is 7.09. The topological polar surface area (TPSA) is 44.7 Å². The number of nitrogens with zero attached hydrogens (tertiary/aromatic N) is 2. The molecule has 1 saturated carbocycles. The molecule has 27 heavy (non-hydrogen) atoms. The van der Waals surface area contributed by atoms with E-state index in [1.54, 1.807) is 11.3 Å². The molecule has 4 nitrogen and oxygen atoms in total. The summed E-state index contributed by atoms with van der Waals surface area (Å²) in [6.07, 6.45) is 4.15. The molecular formula is C22H33N3OS. The molecule has 4 aliphatic rings. The number of nitrogens with one attached hydrogen (secondary N) is 1. The quantitative estimate of drug-likeness (QED) is 0.773. The molecule has 148 valence electrons. The van der Waals surface area contributed by atoms with E-state index in [9.17, 15) is 4.79 Å². The first-order valence-electron chi connectivity index (χ1n) is 10.5. The van der Waals surface area contributed by atoms with Gasteiger partial charge in [0, 0.05) is 42.1 Å². The summed E-state index contributed by atoms with van der Waals surface area (Å²) >= 11 is 1.70. The number of likely N-dealkylation sites (tertiary alicyclic amines) is 1.